The Morgan fingerprint density at radius 2 is 1.80 bits per heavy atom. The molecule has 4 heterocycles. The summed E-state index contributed by atoms with van der Waals surface area (Å²) in [7, 11) is -3.62. The monoisotopic (exact) mass is 855 g/mol. The third-order valence-electron chi connectivity index (χ3n) is 9.45. The number of rotatable bonds is 17. The Morgan fingerprint density at radius 1 is 1.02 bits per heavy atom. The Kier molecular flexibility index (Phi) is 14.0. The van der Waals surface area contributed by atoms with Crippen molar-refractivity contribution in [3.8, 4) is 23.1 Å². The fourth-order valence-electron chi connectivity index (χ4n) is 6.34. The van der Waals surface area contributed by atoms with E-state index in [4.69, 9.17) is 4.74 Å². The molecule has 2 aliphatic heterocycles. The van der Waals surface area contributed by atoms with Crippen molar-refractivity contribution in [1.82, 2.24) is 29.8 Å². The third-order valence-corrected chi connectivity index (χ3v) is 11.2. The minimum absolute atomic E-state index is 0.0336. The molecule has 2 aliphatic rings. The lowest BCUT2D eigenvalue weighted by Crippen LogP contribution is -2.54. The van der Waals surface area contributed by atoms with Crippen LogP contribution in [0, 0.1) is 11.8 Å². The molecule has 4 aromatic rings. The van der Waals surface area contributed by atoms with Crippen molar-refractivity contribution in [2.75, 3.05) is 31.3 Å². The first kappa shape index (κ1) is 43.1. The summed E-state index contributed by atoms with van der Waals surface area (Å²) in [5.74, 6) is 2.27. The van der Waals surface area contributed by atoms with Crippen LogP contribution in [0.3, 0.4) is 0 Å². The fraction of sp³-hybridized carbons (Fsp3) is 0.317. The number of unbranched alkanes of at least 4 members (excludes halogenated alkanes) is 1. The number of carbonyl (C=O) groups is 7. The van der Waals surface area contributed by atoms with Crippen LogP contribution in [0.5, 0.6) is 0 Å². The molecule has 2 aromatic heterocycles. The maximum atomic E-state index is 13.4. The van der Waals surface area contributed by atoms with E-state index in [1.807, 2.05) is 30.3 Å². The van der Waals surface area contributed by atoms with Gasteiger partial charge in [-0.25, -0.2) is 13.4 Å². The smallest absolute Gasteiger partial charge is 0.262 e. The molecule has 60 heavy (non-hydrogen) atoms. The first-order valence-electron chi connectivity index (χ1n) is 19.0. The molecule has 1 unspecified atom stereocenters. The first-order valence-corrected chi connectivity index (χ1v) is 21.7. The summed E-state index contributed by atoms with van der Waals surface area (Å²) in [5, 5.41) is 12.5. The van der Waals surface area contributed by atoms with Crippen molar-refractivity contribution in [3.63, 3.8) is 0 Å². The van der Waals surface area contributed by atoms with Gasteiger partial charge in [-0.3, -0.25) is 47.8 Å². The number of piperidine rings is 1. The minimum atomic E-state index is -3.62. The third kappa shape index (κ3) is 11.0. The standard InChI is InChI=1S/C41H41N7O10S2/c1-60(56,57)47-20-17-28(24-47)36(51)43-31(37(52)46-41-44-32(25-59-41)27-10-5-2-6-11-27)18-22-58-21-8-12-34(49)42-19-7-3-4-9-26-13-14-29-30(23-26)40(55)48(39(29)54)33-15-16-35(50)45-38(33)53/h2,5-6,10-11,13-14,17,20,23-25,31,33H,3,7-8,12,15-16,18-19,21-22H2,1H3,(H,42,49)(H,43,51)(H,44,46,52)(H,45,50,53)/t31-,33?/m0/s1. The molecule has 4 N–H and O–H groups in total. The molecule has 0 saturated carbocycles. The van der Waals surface area contributed by atoms with Crippen LogP contribution in [0.15, 0.2) is 72.4 Å². The van der Waals surface area contributed by atoms with Gasteiger partial charge in [0.15, 0.2) is 5.13 Å². The van der Waals surface area contributed by atoms with Gasteiger partial charge < -0.3 is 20.7 Å². The van der Waals surface area contributed by atoms with Crippen molar-refractivity contribution >= 4 is 67.8 Å². The van der Waals surface area contributed by atoms with E-state index in [1.165, 1.54) is 35.7 Å². The molecule has 1 fully saturated rings. The number of anilines is 1. The number of benzene rings is 2. The number of ether oxygens (including phenoxy) is 1. The topological polar surface area (TPSA) is 232 Å². The molecule has 6 rings (SSSR count). The quantitative estimate of drug-likeness (QED) is 0.0685. The van der Waals surface area contributed by atoms with Crippen LogP contribution in [0.4, 0.5) is 5.13 Å². The fourth-order valence-corrected chi connectivity index (χ4v) is 7.65. The summed E-state index contributed by atoms with van der Waals surface area (Å²) in [6, 6.07) is 13.3. The highest BCUT2D eigenvalue weighted by Gasteiger charge is 2.44. The van der Waals surface area contributed by atoms with Crippen molar-refractivity contribution in [2.45, 2.75) is 57.0 Å². The molecule has 0 aliphatic carbocycles. The van der Waals surface area contributed by atoms with E-state index in [-0.39, 0.29) is 61.5 Å². The van der Waals surface area contributed by atoms with E-state index >= 15 is 0 Å². The number of aromatic nitrogens is 2. The van der Waals surface area contributed by atoms with Gasteiger partial charge in [0.25, 0.3) is 17.7 Å². The average molecular weight is 856 g/mol. The Hall–Kier alpha value is -6.49. The second kappa shape index (κ2) is 19.5. The lowest BCUT2D eigenvalue weighted by atomic mass is 10.0. The van der Waals surface area contributed by atoms with E-state index in [0.717, 1.165) is 26.9 Å². The van der Waals surface area contributed by atoms with Crippen molar-refractivity contribution in [1.29, 1.82) is 0 Å². The largest absolute Gasteiger partial charge is 0.381 e. The minimum Gasteiger partial charge on any atom is -0.381 e. The number of nitrogens with one attached hydrogen (secondary N) is 4. The molecule has 2 aromatic carbocycles. The van der Waals surface area contributed by atoms with Crippen LogP contribution >= 0.6 is 11.3 Å². The predicted molar refractivity (Wildman–Crippen MR) is 219 cm³/mol. The summed E-state index contributed by atoms with van der Waals surface area (Å²) in [5.41, 5.74) is 2.43. The summed E-state index contributed by atoms with van der Waals surface area (Å²) < 4.78 is 30.4. The lowest BCUT2D eigenvalue weighted by Gasteiger charge is -2.27. The average Bonchev–Trinajstić information content (AvgIpc) is 3.97. The molecule has 1 saturated heterocycles. The number of imide groups is 2. The van der Waals surface area contributed by atoms with Crippen molar-refractivity contribution in [2.24, 2.45) is 0 Å². The number of fused-ring (bicyclic) bond motifs is 1. The Bertz CT molecular complexity index is 2490. The van der Waals surface area contributed by atoms with Crippen LogP contribution < -0.4 is 21.3 Å². The number of amides is 7. The normalized spacial score (nSPS) is 15.4. The summed E-state index contributed by atoms with van der Waals surface area (Å²) in [6.07, 6.45) is 5.17. The number of nitrogens with zero attached hydrogens (tertiary/aromatic N) is 3. The van der Waals surface area contributed by atoms with Gasteiger partial charge in [0, 0.05) is 67.9 Å². The first-order chi connectivity index (χ1) is 28.8. The van der Waals surface area contributed by atoms with E-state index in [0.29, 0.717) is 42.2 Å². The summed E-state index contributed by atoms with van der Waals surface area (Å²) in [4.78, 5) is 93.9. The molecule has 7 amide bonds. The number of carbonyl (C=O) groups excluding carboxylic acids is 7. The summed E-state index contributed by atoms with van der Waals surface area (Å²) in [6.45, 7) is 0.664. The lowest BCUT2D eigenvalue weighted by molar-refractivity contribution is -0.136. The zero-order valence-electron chi connectivity index (χ0n) is 32.4. The molecule has 19 heteroatoms. The van der Waals surface area contributed by atoms with Gasteiger partial charge in [-0.05, 0) is 49.9 Å². The van der Waals surface area contributed by atoms with Gasteiger partial charge in [-0.1, -0.05) is 42.2 Å². The second-order valence-electron chi connectivity index (χ2n) is 13.9. The van der Waals surface area contributed by atoms with Gasteiger partial charge in [-0.2, -0.15) is 0 Å². The molecule has 17 nitrogen and oxygen atoms in total. The van der Waals surface area contributed by atoms with Crippen molar-refractivity contribution < 1.29 is 46.7 Å². The molecule has 312 valence electrons. The SMILES string of the molecule is CS(=O)(=O)n1ccc(C(=O)N[C@@H](CCOCCCC(=O)NCCCC#Cc2ccc3c(c2)C(=O)N(C2CCC(=O)NC2=O)C3=O)C(=O)Nc2nc(-c3ccccc3)cs2)c1. The van der Waals surface area contributed by atoms with Crippen LogP contribution in [-0.4, -0.2) is 102 Å². The van der Waals surface area contributed by atoms with E-state index in [2.05, 4.69) is 38.1 Å². The van der Waals surface area contributed by atoms with Gasteiger partial charge in [0.2, 0.25) is 33.7 Å². The number of hydrogen-bond donors (Lipinski definition) is 4. The highest BCUT2D eigenvalue weighted by molar-refractivity contribution is 7.89. The molecule has 2 atom stereocenters. The highest BCUT2D eigenvalue weighted by atomic mass is 32.2. The Labute approximate surface area is 349 Å². The Morgan fingerprint density at radius 3 is 2.55 bits per heavy atom. The van der Waals surface area contributed by atoms with Crippen LogP contribution in [0.1, 0.15) is 81.6 Å². The molecule has 0 bridgehead atoms. The van der Waals surface area contributed by atoms with Gasteiger partial charge in [0.05, 0.1) is 28.6 Å². The zero-order valence-corrected chi connectivity index (χ0v) is 34.0. The predicted octanol–water partition coefficient (Wildman–Crippen LogP) is 2.69. The van der Waals surface area contributed by atoms with Crippen molar-refractivity contribution in [3.05, 3.63) is 94.6 Å². The van der Waals surface area contributed by atoms with Gasteiger partial charge >= 0.3 is 0 Å². The van der Waals surface area contributed by atoms with E-state index < -0.39 is 57.6 Å². The second-order valence-corrected chi connectivity index (χ2v) is 16.6. The van der Waals surface area contributed by atoms with E-state index in [9.17, 15) is 42.0 Å². The number of thiazole rings is 1. The zero-order chi connectivity index (χ0) is 42.8. The highest BCUT2D eigenvalue weighted by Crippen LogP contribution is 2.28. The van der Waals surface area contributed by atoms with Crippen LogP contribution in [-0.2, 0) is 33.9 Å². The Balaban J connectivity index is 0.910. The number of hydrogen-bond acceptors (Lipinski definition) is 12. The molecular weight excluding hydrogens is 815 g/mol. The summed E-state index contributed by atoms with van der Waals surface area (Å²) >= 11 is 1.23. The molecule has 0 spiro atoms. The molecule has 0 radical (unpaired) electrons. The van der Waals surface area contributed by atoms with Crippen LogP contribution in [0.25, 0.3) is 11.3 Å². The maximum absolute atomic E-state index is 13.4. The van der Waals surface area contributed by atoms with E-state index in [1.54, 1.807) is 11.4 Å². The van der Waals surface area contributed by atoms with Gasteiger partial charge in [0.1, 0.15) is 12.1 Å². The van der Waals surface area contributed by atoms with Gasteiger partial charge in [-0.15, -0.1) is 11.3 Å². The van der Waals surface area contributed by atoms with Crippen LogP contribution in [0.2, 0.25) is 0 Å². The maximum Gasteiger partial charge on any atom is 0.262 e. The molecular formula is C41H41N7O10S2.